The molecule has 25 heavy (non-hydrogen) atoms. The highest BCUT2D eigenvalue weighted by atomic mass is 16.5. The fourth-order valence-corrected chi connectivity index (χ4v) is 3.65. The van der Waals surface area contributed by atoms with Crippen molar-refractivity contribution in [3.05, 3.63) is 33.8 Å². The predicted octanol–water partition coefficient (Wildman–Crippen LogP) is 4.76. The lowest BCUT2D eigenvalue weighted by Crippen LogP contribution is -2.32. The maximum atomic E-state index is 13.0. The van der Waals surface area contributed by atoms with Gasteiger partial charge in [-0.05, 0) is 44.9 Å². The molecule has 0 aliphatic heterocycles. The Balaban J connectivity index is 3.31. The zero-order valence-electron chi connectivity index (χ0n) is 17.1. The molecule has 1 rings (SSSR count). The lowest BCUT2D eigenvalue weighted by atomic mass is 9.71. The normalized spacial score (nSPS) is 17.4. The first kappa shape index (κ1) is 21.2. The van der Waals surface area contributed by atoms with Gasteiger partial charge in [-0.25, -0.2) is 0 Å². The highest BCUT2D eigenvalue weighted by Crippen LogP contribution is 2.41. The fraction of sp³-hybridized carbons (Fsp3) is 0.619. The van der Waals surface area contributed by atoms with E-state index in [-0.39, 0.29) is 23.1 Å². The van der Waals surface area contributed by atoms with E-state index >= 15 is 0 Å². The summed E-state index contributed by atoms with van der Waals surface area (Å²) in [5.74, 6) is 0.0528. The van der Waals surface area contributed by atoms with Crippen LogP contribution in [0.15, 0.2) is 33.8 Å². The Labute approximate surface area is 152 Å². The molecule has 0 amide bonds. The SMILES string of the molecule is COC1=C(OC)C(=O)C(C(C)(C)C/C(C)=C(\C)CC(C)C)=C(C)C1=O. The van der Waals surface area contributed by atoms with Crippen LogP contribution in [-0.4, -0.2) is 25.8 Å². The van der Waals surface area contributed by atoms with Gasteiger partial charge in [0, 0.05) is 11.1 Å². The zero-order chi connectivity index (χ0) is 19.5. The van der Waals surface area contributed by atoms with Crippen LogP contribution in [0.1, 0.15) is 61.3 Å². The molecule has 0 aromatic rings. The second-order valence-electron chi connectivity index (χ2n) is 7.94. The first-order valence-electron chi connectivity index (χ1n) is 8.76. The summed E-state index contributed by atoms with van der Waals surface area (Å²) in [7, 11) is 2.77. The van der Waals surface area contributed by atoms with Crippen molar-refractivity contribution in [2.75, 3.05) is 14.2 Å². The second kappa shape index (κ2) is 8.03. The van der Waals surface area contributed by atoms with Gasteiger partial charge >= 0.3 is 0 Å². The molecule has 0 saturated heterocycles. The average molecular weight is 348 g/mol. The summed E-state index contributed by atoms with van der Waals surface area (Å²) in [4.78, 5) is 25.6. The molecule has 4 heteroatoms. The topological polar surface area (TPSA) is 52.6 Å². The molecule has 0 N–H and O–H groups in total. The van der Waals surface area contributed by atoms with Crippen molar-refractivity contribution >= 4 is 11.6 Å². The van der Waals surface area contributed by atoms with Crippen molar-refractivity contribution in [3.63, 3.8) is 0 Å². The third-order valence-corrected chi connectivity index (χ3v) is 4.80. The van der Waals surface area contributed by atoms with Gasteiger partial charge in [0.15, 0.2) is 0 Å². The summed E-state index contributed by atoms with van der Waals surface area (Å²) in [5.41, 5.74) is 3.10. The average Bonchev–Trinajstić information content (AvgIpc) is 2.49. The van der Waals surface area contributed by atoms with E-state index in [0.29, 0.717) is 17.1 Å². The summed E-state index contributed by atoms with van der Waals surface area (Å²) in [6.07, 6.45) is 1.75. The molecule has 0 unspecified atom stereocenters. The third-order valence-electron chi connectivity index (χ3n) is 4.80. The van der Waals surface area contributed by atoms with Crippen LogP contribution in [0.25, 0.3) is 0 Å². The molecule has 0 bridgehead atoms. The maximum absolute atomic E-state index is 13.0. The number of hydrogen-bond acceptors (Lipinski definition) is 4. The summed E-state index contributed by atoms with van der Waals surface area (Å²) in [6, 6.07) is 0. The van der Waals surface area contributed by atoms with Crippen LogP contribution in [-0.2, 0) is 19.1 Å². The minimum atomic E-state index is -0.470. The Morgan fingerprint density at radius 3 is 1.88 bits per heavy atom. The quantitative estimate of drug-likeness (QED) is 0.492. The summed E-state index contributed by atoms with van der Waals surface area (Å²) >= 11 is 0. The van der Waals surface area contributed by atoms with E-state index in [0.717, 1.165) is 12.8 Å². The first-order valence-corrected chi connectivity index (χ1v) is 8.76. The first-order chi connectivity index (χ1) is 11.5. The number of methoxy groups -OCH3 is 2. The van der Waals surface area contributed by atoms with E-state index in [1.165, 1.54) is 25.4 Å². The van der Waals surface area contributed by atoms with Crippen molar-refractivity contribution in [2.45, 2.75) is 61.3 Å². The molecule has 4 nitrogen and oxygen atoms in total. The third kappa shape index (κ3) is 4.42. The van der Waals surface area contributed by atoms with Crippen molar-refractivity contribution in [3.8, 4) is 0 Å². The van der Waals surface area contributed by atoms with Crippen molar-refractivity contribution in [2.24, 2.45) is 11.3 Å². The lowest BCUT2D eigenvalue weighted by Gasteiger charge is -2.32. The number of rotatable bonds is 7. The largest absolute Gasteiger partial charge is 0.489 e. The van der Waals surface area contributed by atoms with Crippen molar-refractivity contribution in [1.82, 2.24) is 0 Å². The number of hydrogen-bond donors (Lipinski definition) is 0. The number of Topliss-reactive ketones (excluding diaryl/α,β-unsaturated/α-hetero) is 2. The van der Waals surface area contributed by atoms with Crippen LogP contribution >= 0.6 is 0 Å². The Morgan fingerprint density at radius 2 is 1.44 bits per heavy atom. The molecule has 0 atom stereocenters. The molecule has 0 aromatic heterocycles. The Hall–Kier alpha value is -1.84. The summed E-state index contributed by atoms with van der Waals surface area (Å²) < 4.78 is 10.3. The molecular weight excluding hydrogens is 316 g/mol. The van der Waals surface area contributed by atoms with E-state index in [4.69, 9.17) is 9.47 Å². The van der Waals surface area contributed by atoms with Gasteiger partial charge in [0.25, 0.3) is 0 Å². The maximum Gasteiger partial charge on any atom is 0.228 e. The highest BCUT2D eigenvalue weighted by Gasteiger charge is 2.41. The van der Waals surface area contributed by atoms with E-state index in [9.17, 15) is 9.59 Å². The molecule has 0 fully saturated rings. The summed E-state index contributed by atoms with van der Waals surface area (Å²) in [6.45, 7) is 14.4. The predicted molar refractivity (Wildman–Crippen MR) is 100.0 cm³/mol. The minimum absolute atomic E-state index is 0.00158. The van der Waals surface area contributed by atoms with Gasteiger partial charge in [-0.2, -0.15) is 0 Å². The van der Waals surface area contributed by atoms with Crippen molar-refractivity contribution in [1.29, 1.82) is 0 Å². The number of allylic oxidation sites excluding steroid dienone is 4. The van der Waals surface area contributed by atoms with Gasteiger partial charge in [0.05, 0.1) is 14.2 Å². The minimum Gasteiger partial charge on any atom is -0.489 e. The molecule has 0 aromatic carbocycles. The lowest BCUT2D eigenvalue weighted by molar-refractivity contribution is -0.121. The van der Waals surface area contributed by atoms with Crippen molar-refractivity contribution < 1.29 is 19.1 Å². The molecular formula is C21H32O4. The number of ketones is 2. The highest BCUT2D eigenvalue weighted by molar-refractivity contribution is 6.23. The van der Waals surface area contributed by atoms with Gasteiger partial charge < -0.3 is 9.47 Å². The van der Waals surface area contributed by atoms with Gasteiger partial charge in [-0.3, -0.25) is 9.59 Å². The Morgan fingerprint density at radius 1 is 0.960 bits per heavy atom. The standard InChI is InChI=1S/C21H32O4/c1-12(2)10-13(3)14(4)11-21(6,7)16-15(5)17(22)19(24-8)20(25-9)18(16)23/h12H,10-11H2,1-9H3/b14-13+. The molecule has 0 radical (unpaired) electrons. The van der Waals surface area contributed by atoms with Crippen LogP contribution in [0.2, 0.25) is 0 Å². The van der Waals surface area contributed by atoms with Gasteiger partial charge in [-0.1, -0.05) is 38.8 Å². The van der Waals surface area contributed by atoms with Crippen LogP contribution in [0.5, 0.6) is 0 Å². The number of carbonyl (C=O) groups is 2. The van der Waals surface area contributed by atoms with E-state index in [1.807, 2.05) is 13.8 Å². The molecule has 140 valence electrons. The Bertz CT molecular complexity index is 657. The van der Waals surface area contributed by atoms with E-state index in [2.05, 4.69) is 27.7 Å². The second-order valence-corrected chi connectivity index (χ2v) is 7.94. The Kier molecular flexibility index (Phi) is 6.81. The van der Waals surface area contributed by atoms with Gasteiger partial charge in [0.2, 0.25) is 23.1 Å². The molecule has 0 heterocycles. The molecule has 1 aliphatic carbocycles. The van der Waals surface area contributed by atoms with Gasteiger partial charge in [0.1, 0.15) is 0 Å². The monoisotopic (exact) mass is 348 g/mol. The van der Waals surface area contributed by atoms with Crippen LogP contribution in [0.4, 0.5) is 0 Å². The van der Waals surface area contributed by atoms with Crippen LogP contribution in [0, 0.1) is 11.3 Å². The zero-order valence-corrected chi connectivity index (χ0v) is 17.1. The molecule has 0 spiro atoms. The van der Waals surface area contributed by atoms with Crippen LogP contribution < -0.4 is 0 Å². The fourth-order valence-electron chi connectivity index (χ4n) is 3.65. The van der Waals surface area contributed by atoms with E-state index < -0.39 is 5.41 Å². The smallest absolute Gasteiger partial charge is 0.228 e. The van der Waals surface area contributed by atoms with Crippen LogP contribution in [0.3, 0.4) is 0 Å². The molecule has 1 aliphatic rings. The molecule has 0 saturated carbocycles. The van der Waals surface area contributed by atoms with E-state index in [1.54, 1.807) is 6.92 Å². The number of carbonyl (C=O) groups excluding carboxylic acids is 2. The summed E-state index contributed by atoms with van der Waals surface area (Å²) in [5, 5.41) is 0. The van der Waals surface area contributed by atoms with Gasteiger partial charge in [-0.15, -0.1) is 0 Å². The number of ether oxygens (including phenoxy) is 2.